The average molecular weight is 421 g/mol. The Kier molecular flexibility index (Phi) is 5.95. The van der Waals surface area contributed by atoms with Crippen molar-refractivity contribution in [2.45, 2.75) is 25.3 Å². The molecule has 1 fully saturated rings. The van der Waals surface area contributed by atoms with Gasteiger partial charge in [-0.3, -0.25) is 9.69 Å². The van der Waals surface area contributed by atoms with Gasteiger partial charge in [0.25, 0.3) is 0 Å². The SMILES string of the molecule is O=C(CN1CCC[C@H]1c1ccc2c(c1)OCCCO2)Nc1ccc(Cl)cc1Cl. The lowest BCUT2D eigenvalue weighted by atomic mass is 10.0. The van der Waals surface area contributed by atoms with Crippen molar-refractivity contribution in [1.82, 2.24) is 4.90 Å². The van der Waals surface area contributed by atoms with Crippen molar-refractivity contribution in [3.8, 4) is 11.5 Å². The molecule has 0 radical (unpaired) electrons. The highest BCUT2D eigenvalue weighted by molar-refractivity contribution is 6.36. The maximum atomic E-state index is 12.6. The lowest BCUT2D eigenvalue weighted by Crippen LogP contribution is -2.33. The number of rotatable bonds is 4. The van der Waals surface area contributed by atoms with Crippen LogP contribution < -0.4 is 14.8 Å². The summed E-state index contributed by atoms with van der Waals surface area (Å²) in [5.41, 5.74) is 1.72. The fourth-order valence-electron chi connectivity index (χ4n) is 3.75. The lowest BCUT2D eigenvalue weighted by molar-refractivity contribution is -0.117. The number of halogens is 2. The number of benzene rings is 2. The molecule has 148 valence electrons. The Bertz CT molecular complexity index is 875. The second-order valence-corrected chi connectivity index (χ2v) is 7.90. The molecule has 0 spiro atoms. The van der Waals surface area contributed by atoms with Crippen LogP contribution in [0.3, 0.4) is 0 Å². The molecule has 0 bridgehead atoms. The number of anilines is 1. The van der Waals surface area contributed by atoms with E-state index in [1.54, 1.807) is 18.2 Å². The first kappa shape index (κ1) is 19.4. The molecule has 1 saturated heterocycles. The van der Waals surface area contributed by atoms with Crippen molar-refractivity contribution in [3.63, 3.8) is 0 Å². The first-order valence-corrected chi connectivity index (χ1v) is 10.2. The van der Waals surface area contributed by atoms with Gasteiger partial charge in [0.05, 0.1) is 30.5 Å². The Morgan fingerprint density at radius 2 is 1.89 bits per heavy atom. The van der Waals surface area contributed by atoms with Crippen LogP contribution in [0, 0.1) is 0 Å². The maximum absolute atomic E-state index is 12.6. The van der Waals surface area contributed by atoms with Gasteiger partial charge in [-0.2, -0.15) is 0 Å². The van der Waals surface area contributed by atoms with Crippen molar-refractivity contribution >= 4 is 34.8 Å². The number of likely N-dealkylation sites (tertiary alicyclic amines) is 1. The zero-order valence-electron chi connectivity index (χ0n) is 15.4. The van der Waals surface area contributed by atoms with Gasteiger partial charge >= 0.3 is 0 Å². The lowest BCUT2D eigenvalue weighted by Gasteiger charge is -2.25. The number of carbonyl (C=O) groups is 1. The number of fused-ring (bicyclic) bond motifs is 1. The Labute approximate surface area is 174 Å². The second-order valence-electron chi connectivity index (χ2n) is 7.06. The number of nitrogens with zero attached hydrogens (tertiary/aromatic N) is 1. The minimum absolute atomic E-state index is 0.0922. The monoisotopic (exact) mass is 420 g/mol. The van der Waals surface area contributed by atoms with Gasteiger partial charge < -0.3 is 14.8 Å². The number of ether oxygens (including phenoxy) is 2. The van der Waals surface area contributed by atoms with E-state index in [2.05, 4.69) is 22.3 Å². The molecule has 28 heavy (non-hydrogen) atoms. The molecule has 1 amide bonds. The van der Waals surface area contributed by atoms with Crippen LogP contribution in [-0.4, -0.2) is 37.1 Å². The number of hydrogen-bond donors (Lipinski definition) is 1. The molecule has 1 N–H and O–H groups in total. The van der Waals surface area contributed by atoms with Gasteiger partial charge in [-0.05, 0) is 55.3 Å². The maximum Gasteiger partial charge on any atom is 0.238 e. The Balaban J connectivity index is 1.45. The van der Waals surface area contributed by atoms with E-state index in [4.69, 9.17) is 32.7 Å². The highest BCUT2D eigenvalue weighted by Gasteiger charge is 2.28. The summed E-state index contributed by atoms with van der Waals surface area (Å²) in [6.07, 6.45) is 2.94. The first-order chi connectivity index (χ1) is 13.6. The van der Waals surface area contributed by atoms with E-state index in [9.17, 15) is 4.79 Å². The summed E-state index contributed by atoms with van der Waals surface area (Å²) in [7, 11) is 0. The van der Waals surface area contributed by atoms with Crippen molar-refractivity contribution in [2.75, 3.05) is 31.6 Å². The molecule has 1 atom stereocenters. The van der Waals surface area contributed by atoms with Crippen LogP contribution in [0.15, 0.2) is 36.4 Å². The Morgan fingerprint density at radius 1 is 1.07 bits per heavy atom. The van der Waals surface area contributed by atoms with Crippen LogP contribution in [0.5, 0.6) is 11.5 Å². The van der Waals surface area contributed by atoms with E-state index < -0.39 is 0 Å². The van der Waals surface area contributed by atoms with E-state index in [1.165, 1.54) is 0 Å². The minimum Gasteiger partial charge on any atom is -0.490 e. The largest absolute Gasteiger partial charge is 0.490 e. The standard InChI is InChI=1S/C21H22Cl2N2O3/c22-15-5-6-17(16(23)12-15)24-21(26)13-25-8-1-3-18(25)14-4-7-19-20(11-14)28-10-2-9-27-19/h4-7,11-12,18H,1-3,8-10,13H2,(H,24,26)/t18-/m0/s1. The second kappa shape index (κ2) is 8.60. The third kappa shape index (κ3) is 4.37. The first-order valence-electron chi connectivity index (χ1n) is 9.48. The van der Waals surface area contributed by atoms with Crippen LogP contribution >= 0.6 is 23.2 Å². The summed E-state index contributed by atoms with van der Waals surface area (Å²) in [4.78, 5) is 14.8. The number of amides is 1. The van der Waals surface area contributed by atoms with E-state index in [1.807, 2.05) is 6.07 Å². The quantitative estimate of drug-likeness (QED) is 0.761. The zero-order valence-corrected chi connectivity index (χ0v) is 16.9. The van der Waals surface area contributed by atoms with Gasteiger partial charge in [0.15, 0.2) is 11.5 Å². The smallest absolute Gasteiger partial charge is 0.238 e. The molecule has 2 aliphatic rings. The summed E-state index contributed by atoms with van der Waals surface area (Å²) >= 11 is 12.1. The van der Waals surface area contributed by atoms with Crippen molar-refractivity contribution in [2.24, 2.45) is 0 Å². The molecule has 4 rings (SSSR count). The summed E-state index contributed by atoms with van der Waals surface area (Å²) in [5.74, 6) is 1.49. The summed E-state index contributed by atoms with van der Waals surface area (Å²) < 4.78 is 11.5. The molecular formula is C21H22Cl2N2O3. The molecule has 5 nitrogen and oxygen atoms in total. The van der Waals surface area contributed by atoms with Crippen LogP contribution in [0.2, 0.25) is 10.0 Å². The van der Waals surface area contributed by atoms with Crippen LogP contribution in [-0.2, 0) is 4.79 Å². The predicted molar refractivity (Wildman–Crippen MR) is 111 cm³/mol. The molecule has 2 heterocycles. The van der Waals surface area contributed by atoms with Crippen molar-refractivity contribution < 1.29 is 14.3 Å². The van der Waals surface area contributed by atoms with Gasteiger partial charge in [-0.25, -0.2) is 0 Å². The third-order valence-electron chi connectivity index (χ3n) is 5.07. The highest BCUT2D eigenvalue weighted by atomic mass is 35.5. The summed E-state index contributed by atoms with van der Waals surface area (Å²) in [6.45, 7) is 2.52. The van der Waals surface area contributed by atoms with Crippen molar-refractivity contribution in [3.05, 3.63) is 52.0 Å². The Hall–Kier alpha value is -1.95. The topological polar surface area (TPSA) is 50.8 Å². The molecule has 0 unspecified atom stereocenters. The van der Waals surface area contributed by atoms with Crippen molar-refractivity contribution in [1.29, 1.82) is 0 Å². The van der Waals surface area contributed by atoms with Crippen LogP contribution in [0.1, 0.15) is 30.9 Å². The van der Waals surface area contributed by atoms with Gasteiger partial charge in [-0.1, -0.05) is 29.3 Å². The van der Waals surface area contributed by atoms with E-state index in [-0.39, 0.29) is 11.9 Å². The van der Waals surface area contributed by atoms with Gasteiger partial charge in [0.1, 0.15) is 0 Å². The summed E-state index contributed by atoms with van der Waals surface area (Å²) in [6, 6.07) is 11.3. The molecule has 2 aliphatic heterocycles. The normalized spacial score (nSPS) is 19.3. The number of nitrogens with one attached hydrogen (secondary N) is 1. The molecule has 2 aromatic rings. The molecular weight excluding hydrogens is 399 g/mol. The van der Waals surface area contributed by atoms with E-state index in [0.717, 1.165) is 42.9 Å². The number of hydrogen-bond acceptors (Lipinski definition) is 4. The highest BCUT2D eigenvalue weighted by Crippen LogP contribution is 2.37. The predicted octanol–water partition coefficient (Wildman–Crippen LogP) is 4.93. The average Bonchev–Trinajstić information content (AvgIpc) is 2.99. The molecule has 0 aliphatic carbocycles. The minimum atomic E-state index is -0.0922. The molecule has 0 aromatic heterocycles. The summed E-state index contributed by atoms with van der Waals surface area (Å²) in [5, 5.41) is 3.85. The third-order valence-corrected chi connectivity index (χ3v) is 5.62. The molecule has 2 aromatic carbocycles. The van der Waals surface area contributed by atoms with Gasteiger partial charge in [0.2, 0.25) is 5.91 Å². The van der Waals surface area contributed by atoms with Gasteiger partial charge in [-0.15, -0.1) is 0 Å². The van der Waals surface area contributed by atoms with Gasteiger partial charge in [0, 0.05) is 17.5 Å². The van der Waals surface area contributed by atoms with Crippen LogP contribution in [0.25, 0.3) is 0 Å². The van der Waals surface area contributed by atoms with E-state index in [0.29, 0.717) is 35.5 Å². The van der Waals surface area contributed by atoms with E-state index >= 15 is 0 Å². The fourth-order valence-corrected chi connectivity index (χ4v) is 4.20. The van der Waals surface area contributed by atoms with Crippen LogP contribution in [0.4, 0.5) is 5.69 Å². The zero-order chi connectivity index (χ0) is 19.5. The fraction of sp³-hybridized carbons (Fsp3) is 0.381. The molecule has 0 saturated carbocycles. The number of carbonyl (C=O) groups excluding carboxylic acids is 1. The molecule has 7 heteroatoms. The Morgan fingerprint density at radius 3 is 2.71 bits per heavy atom.